The molecule has 0 spiro atoms. The van der Waals surface area contributed by atoms with Crippen molar-refractivity contribution in [3.05, 3.63) is 11.7 Å². The van der Waals surface area contributed by atoms with Gasteiger partial charge in [0.05, 0.1) is 0 Å². The van der Waals surface area contributed by atoms with Gasteiger partial charge in [0.2, 0.25) is 0 Å². The van der Waals surface area contributed by atoms with Gasteiger partial charge in [0.25, 0.3) is 6.08 Å². The second-order valence-corrected chi connectivity index (χ2v) is 7.37. The highest BCUT2D eigenvalue weighted by atomic mass is 19.4. The average Bonchev–Trinajstić information content (AvgIpc) is 2.69. The minimum Gasteiger partial charge on any atom is -0.194 e. The third kappa shape index (κ3) is 4.75. The Labute approximate surface area is 207 Å². The highest BCUT2D eigenvalue weighted by molar-refractivity contribution is 5.33. The number of hydrogen-bond donors (Lipinski definition) is 0. The van der Waals surface area contributed by atoms with E-state index in [4.69, 9.17) is 0 Å². The first-order chi connectivity index (χ1) is 17.6. The Hall–Kier alpha value is -2.22. The molecule has 0 nitrogen and oxygen atoms in total. The molecule has 0 rings (SSSR count). The van der Waals surface area contributed by atoms with Gasteiger partial charge in [-0.2, -0.15) is 123 Å². The minimum atomic E-state index is -9.45. The summed E-state index contributed by atoms with van der Waals surface area (Å²) in [6.45, 7) is 0. The maximum absolute atomic E-state index is 13.8. The van der Waals surface area contributed by atoms with Crippen LogP contribution < -0.4 is 0 Å². The van der Waals surface area contributed by atoms with Crippen LogP contribution in [-0.2, 0) is 0 Å². The predicted molar refractivity (Wildman–Crippen MR) is 70.8 cm³/mol. The zero-order valence-electron chi connectivity index (χ0n) is 17.6. The lowest BCUT2D eigenvalue weighted by atomic mass is 9.84. The Bertz CT molecular complexity index is 950. The first-order valence-corrected chi connectivity index (χ1v) is 8.54. The van der Waals surface area contributed by atoms with Gasteiger partial charge in [-0.25, -0.2) is 0 Å². The quantitative estimate of drug-likeness (QED) is 0.199. The van der Waals surface area contributed by atoms with Crippen LogP contribution in [0.5, 0.6) is 0 Å². The predicted octanol–water partition coefficient (Wildman–Crippen LogP) is 9.61. The van der Waals surface area contributed by atoms with Gasteiger partial charge in [0, 0.05) is 0 Å². The van der Waals surface area contributed by atoms with E-state index in [1.54, 1.807) is 0 Å². The molecule has 0 heterocycles. The average molecular weight is 700 g/mol. The first kappa shape index (κ1) is 39.8. The van der Waals surface area contributed by atoms with Crippen molar-refractivity contribution < 1.29 is 123 Å². The van der Waals surface area contributed by atoms with Crippen molar-refractivity contribution in [2.75, 3.05) is 0 Å². The van der Waals surface area contributed by atoms with E-state index < -0.39 is 83.2 Å². The van der Waals surface area contributed by atoms with Gasteiger partial charge < -0.3 is 0 Å². The van der Waals surface area contributed by atoms with Gasteiger partial charge in [-0.15, -0.1) is 0 Å². The van der Waals surface area contributed by atoms with Crippen molar-refractivity contribution in [1.29, 1.82) is 0 Å². The molecule has 0 amide bonds. The van der Waals surface area contributed by atoms with Crippen molar-refractivity contribution in [3.8, 4) is 0 Å². The molecule has 0 saturated carbocycles. The van der Waals surface area contributed by atoms with E-state index in [9.17, 15) is 123 Å². The van der Waals surface area contributed by atoms with E-state index in [0.29, 0.717) is 0 Å². The van der Waals surface area contributed by atoms with E-state index >= 15 is 0 Å². The molecule has 0 unspecified atom stereocenters. The van der Waals surface area contributed by atoms with Crippen molar-refractivity contribution in [3.63, 3.8) is 0 Å². The van der Waals surface area contributed by atoms with Crippen LogP contribution in [0.2, 0.25) is 0 Å². The minimum absolute atomic E-state index is 5.95. The number of halogens is 28. The fraction of sp³-hybridized carbons (Fsp3) is 0.857. The number of rotatable bonds is 10. The zero-order valence-corrected chi connectivity index (χ0v) is 17.6. The molecule has 28 heteroatoms. The van der Waals surface area contributed by atoms with E-state index in [2.05, 4.69) is 0 Å². The lowest BCUT2D eigenvalue weighted by molar-refractivity contribution is -0.445. The van der Waals surface area contributed by atoms with E-state index in [-0.39, 0.29) is 0 Å². The Morgan fingerprint density at radius 1 is 0.238 bits per heavy atom. The third-order valence-electron chi connectivity index (χ3n) is 4.68. The van der Waals surface area contributed by atoms with Gasteiger partial charge in [0.1, 0.15) is 5.57 Å². The molecule has 0 bridgehead atoms. The summed E-state index contributed by atoms with van der Waals surface area (Å²) in [6.07, 6.45) is -22.4. The molecule has 0 aliphatic rings. The van der Waals surface area contributed by atoms with Crippen molar-refractivity contribution in [1.82, 2.24) is 0 Å². The van der Waals surface area contributed by atoms with E-state index in [0.717, 1.165) is 0 Å². The molecule has 0 N–H and O–H groups in total. The standard InChI is InChI=1S/C14F28/c15-2(16)1(3(17,18)5(21,22)7(25,26)9(29,30)11(33,34)13(37,38)39)4(19,20)6(23,24)8(27,28)10(31,32)12(35,36)14(40,41)42. The third-order valence-corrected chi connectivity index (χ3v) is 4.68. The van der Waals surface area contributed by atoms with Crippen LogP contribution in [0.15, 0.2) is 11.7 Å². The van der Waals surface area contributed by atoms with Gasteiger partial charge in [-0.3, -0.25) is 0 Å². The smallest absolute Gasteiger partial charge is 0.194 e. The van der Waals surface area contributed by atoms with Crippen LogP contribution in [0.1, 0.15) is 0 Å². The summed E-state index contributed by atoms with van der Waals surface area (Å²) in [5, 5.41) is 0. The number of alkyl halides is 26. The topological polar surface area (TPSA) is 0 Å². The Morgan fingerprint density at radius 3 is 0.548 bits per heavy atom. The molecule has 0 aliphatic heterocycles. The molecule has 0 atom stereocenters. The summed E-state index contributed by atoms with van der Waals surface area (Å²) in [6, 6.07) is 0. The van der Waals surface area contributed by atoms with Gasteiger partial charge in [-0.1, -0.05) is 0 Å². The monoisotopic (exact) mass is 700 g/mol. The zero-order chi connectivity index (χ0) is 35.2. The fourth-order valence-corrected chi connectivity index (χ4v) is 2.29. The Morgan fingerprint density at radius 2 is 0.405 bits per heavy atom. The van der Waals surface area contributed by atoms with Crippen molar-refractivity contribution in [2.24, 2.45) is 0 Å². The summed E-state index contributed by atoms with van der Waals surface area (Å²) in [4.78, 5) is 0. The molecule has 42 heavy (non-hydrogen) atoms. The van der Waals surface area contributed by atoms with E-state index in [1.165, 1.54) is 0 Å². The van der Waals surface area contributed by atoms with E-state index in [1.807, 2.05) is 0 Å². The molecule has 0 saturated heterocycles. The van der Waals surface area contributed by atoms with Gasteiger partial charge >= 0.3 is 71.6 Å². The second kappa shape index (κ2) is 9.64. The van der Waals surface area contributed by atoms with Crippen molar-refractivity contribution >= 4 is 0 Å². The van der Waals surface area contributed by atoms with Crippen LogP contribution in [0.4, 0.5) is 123 Å². The summed E-state index contributed by atoms with van der Waals surface area (Å²) in [5.41, 5.74) is -6.54. The second-order valence-electron chi connectivity index (χ2n) is 7.37. The number of allylic oxidation sites excluding steroid dienone is 1. The van der Waals surface area contributed by atoms with Crippen LogP contribution in [-0.4, -0.2) is 71.6 Å². The number of hydrogen-bond acceptors (Lipinski definition) is 0. The fourth-order valence-electron chi connectivity index (χ4n) is 2.29. The maximum atomic E-state index is 13.8. The first-order valence-electron chi connectivity index (χ1n) is 8.54. The molecule has 0 fully saturated rings. The van der Waals surface area contributed by atoms with Gasteiger partial charge in [-0.05, 0) is 0 Å². The van der Waals surface area contributed by atoms with Gasteiger partial charge in [0.15, 0.2) is 0 Å². The molecule has 0 aromatic heterocycles. The lowest BCUT2D eigenvalue weighted by Gasteiger charge is -2.43. The maximum Gasteiger partial charge on any atom is 0.460 e. The highest BCUT2D eigenvalue weighted by Crippen LogP contribution is 2.66. The molecule has 0 radical (unpaired) electrons. The largest absolute Gasteiger partial charge is 0.460 e. The van der Waals surface area contributed by atoms with Crippen molar-refractivity contribution in [2.45, 2.75) is 71.6 Å². The molecule has 0 aliphatic carbocycles. The Kier molecular flexibility index (Phi) is 9.13. The molecule has 0 aromatic carbocycles. The molecular formula is C14F28. The summed E-state index contributed by atoms with van der Waals surface area (Å²) in [7, 11) is 0. The SMILES string of the molecule is FC(F)=C(C(F)(F)C(F)(F)C(F)(F)C(F)(F)C(F)(F)C(F)(F)F)C(F)(F)C(F)(F)C(F)(F)C(F)(F)C(F)(F)C(F)(F)F. The lowest BCUT2D eigenvalue weighted by Crippen LogP contribution is -2.73. The molecule has 0 aromatic rings. The molecular weight excluding hydrogens is 700 g/mol. The summed E-state index contributed by atoms with van der Waals surface area (Å²) in [5.74, 6) is -91.9. The van der Waals surface area contributed by atoms with Crippen LogP contribution in [0, 0.1) is 0 Å². The normalized spacial score (nSPS) is 16.6. The summed E-state index contributed by atoms with van der Waals surface area (Å²) < 4.78 is 363. The van der Waals surface area contributed by atoms with Crippen LogP contribution in [0.25, 0.3) is 0 Å². The molecule has 252 valence electrons. The van der Waals surface area contributed by atoms with Crippen LogP contribution >= 0.6 is 0 Å². The summed E-state index contributed by atoms with van der Waals surface area (Å²) >= 11 is 0. The Balaban J connectivity index is 7.63. The highest BCUT2D eigenvalue weighted by Gasteiger charge is 2.95. The van der Waals surface area contributed by atoms with Crippen LogP contribution in [0.3, 0.4) is 0 Å².